The summed E-state index contributed by atoms with van der Waals surface area (Å²) in [5.41, 5.74) is 0.930. The molecule has 0 saturated heterocycles. The van der Waals surface area contributed by atoms with Crippen molar-refractivity contribution in [1.82, 2.24) is 10.2 Å². The van der Waals surface area contributed by atoms with Crippen LogP contribution >= 0.6 is 0 Å². The fourth-order valence-electron chi connectivity index (χ4n) is 2.62. The molecule has 2 amide bonds. The Morgan fingerprint density at radius 3 is 2.70 bits per heavy atom. The number of nitrogens with zero attached hydrogens (tertiary/aromatic N) is 1. The van der Waals surface area contributed by atoms with E-state index in [1.54, 1.807) is 7.05 Å². The maximum Gasteiger partial charge on any atom is 0.317 e. The fourth-order valence-corrected chi connectivity index (χ4v) is 2.62. The summed E-state index contributed by atoms with van der Waals surface area (Å²) in [6.07, 6.45) is 4.78. The normalized spacial score (nSPS) is 14.5. The Morgan fingerprint density at radius 2 is 2.00 bits per heavy atom. The molecule has 1 aromatic rings. The molecule has 6 heteroatoms. The Labute approximate surface area is 136 Å². The summed E-state index contributed by atoms with van der Waals surface area (Å²) >= 11 is 0. The molecule has 0 unspecified atom stereocenters. The molecule has 2 N–H and O–H groups in total. The van der Waals surface area contributed by atoms with Gasteiger partial charge in [-0.3, -0.25) is 4.79 Å². The lowest BCUT2D eigenvalue weighted by molar-refractivity contribution is -0.137. The Morgan fingerprint density at radius 1 is 1.30 bits per heavy atom. The Balaban J connectivity index is 1.87. The zero-order valence-electron chi connectivity index (χ0n) is 13.5. The molecule has 0 atom stereocenters. The third-order valence-corrected chi connectivity index (χ3v) is 4.01. The average molecular weight is 320 g/mol. The molecule has 1 saturated carbocycles. The van der Waals surface area contributed by atoms with Crippen LogP contribution in [0.15, 0.2) is 24.3 Å². The number of hydrogen-bond donors (Lipinski definition) is 2. The van der Waals surface area contributed by atoms with Gasteiger partial charge in [0.25, 0.3) is 0 Å². The van der Waals surface area contributed by atoms with Crippen LogP contribution in [0.4, 0.5) is 4.79 Å². The van der Waals surface area contributed by atoms with E-state index in [0.29, 0.717) is 6.54 Å². The summed E-state index contributed by atoms with van der Waals surface area (Å²) in [6.45, 7) is 0.542. The van der Waals surface area contributed by atoms with Crippen LogP contribution in [0.25, 0.3) is 0 Å². The first-order valence-corrected chi connectivity index (χ1v) is 8.01. The number of carboxylic acid groups (broad SMARTS) is 1. The van der Waals surface area contributed by atoms with Crippen molar-refractivity contribution in [1.29, 1.82) is 0 Å². The van der Waals surface area contributed by atoms with Gasteiger partial charge in [-0.05, 0) is 31.7 Å². The van der Waals surface area contributed by atoms with Crippen molar-refractivity contribution in [3.8, 4) is 5.75 Å². The van der Waals surface area contributed by atoms with Gasteiger partial charge in [-0.2, -0.15) is 0 Å². The molecule has 0 spiro atoms. The molecule has 1 aliphatic rings. The minimum Gasteiger partial charge on any atom is -0.490 e. The lowest BCUT2D eigenvalue weighted by atomic mass is 10.2. The molecule has 0 radical (unpaired) electrons. The lowest BCUT2D eigenvalue weighted by Gasteiger charge is -2.19. The number of hydrogen-bond acceptors (Lipinski definition) is 3. The van der Waals surface area contributed by atoms with Crippen LogP contribution in [0.3, 0.4) is 0 Å². The third-order valence-electron chi connectivity index (χ3n) is 4.01. The number of nitrogens with one attached hydrogen (secondary N) is 1. The molecule has 2 rings (SSSR count). The molecule has 23 heavy (non-hydrogen) atoms. The van der Waals surface area contributed by atoms with Crippen LogP contribution < -0.4 is 10.1 Å². The SMILES string of the molecule is CN(CCC(=O)O)C(=O)NCc1ccccc1OC1CCCC1. The Hall–Kier alpha value is -2.24. The summed E-state index contributed by atoms with van der Waals surface area (Å²) in [4.78, 5) is 23.9. The minimum absolute atomic E-state index is 0.0642. The van der Waals surface area contributed by atoms with E-state index in [1.165, 1.54) is 17.7 Å². The number of amides is 2. The fraction of sp³-hybridized carbons (Fsp3) is 0.529. The zero-order chi connectivity index (χ0) is 16.7. The van der Waals surface area contributed by atoms with Gasteiger partial charge in [0, 0.05) is 25.7 Å². The van der Waals surface area contributed by atoms with Gasteiger partial charge >= 0.3 is 12.0 Å². The van der Waals surface area contributed by atoms with Gasteiger partial charge < -0.3 is 20.1 Å². The number of carbonyl (C=O) groups is 2. The summed E-state index contributed by atoms with van der Waals surface area (Å²) in [5, 5.41) is 11.5. The summed E-state index contributed by atoms with van der Waals surface area (Å²) in [7, 11) is 1.58. The van der Waals surface area contributed by atoms with Gasteiger partial charge in [0.2, 0.25) is 0 Å². The van der Waals surface area contributed by atoms with Gasteiger partial charge in [-0.15, -0.1) is 0 Å². The quantitative estimate of drug-likeness (QED) is 0.809. The molecule has 1 fully saturated rings. The molecular formula is C17H24N2O4. The molecule has 0 aliphatic heterocycles. The zero-order valence-corrected chi connectivity index (χ0v) is 13.5. The minimum atomic E-state index is -0.917. The number of aliphatic carboxylic acids is 1. The molecule has 1 aliphatic carbocycles. The number of carboxylic acids is 1. The standard InChI is InChI=1S/C17H24N2O4/c1-19(11-10-16(20)21)17(22)18-12-13-6-2-5-9-15(13)23-14-7-3-4-8-14/h2,5-6,9,14H,3-4,7-8,10-12H2,1H3,(H,18,22)(H,20,21). The second-order valence-electron chi connectivity index (χ2n) is 5.86. The van der Waals surface area contributed by atoms with Crippen molar-refractivity contribution in [3.05, 3.63) is 29.8 Å². The number of benzene rings is 1. The second kappa shape index (κ2) is 8.41. The highest BCUT2D eigenvalue weighted by Crippen LogP contribution is 2.26. The van der Waals surface area contributed by atoms with Crippen LogP contribution in [-0.4, -0.2) is 41.7 Å². The summed E-state index contributed by atoms with van der Waals surface area (Å²) in [6, 6.07) is 7.41. The van der Waals surface area contributed by atoms with Crippen molar-refractivity contribution < 1.29 is 19.4 Å². The van der Waals surface area contributed by atoms with Gasteiger partial charge in [0.1, 0.15) is 5.75 Å². The Kier molecular flexibility index (Phi) is 6.26. The number of ether oxygens (including phenoxy) is 1. The molecule has 6 nitrogen and oxygen atoms in total. The van der Waals surface area contributed by atoms with E-state index in [-0.39, 0.29) is 25.1 Å². The smallest absolute Gasteiger partial charge is 0.317 e. The Bertz CT molecular complexity index is 541. The number of urea groups is 1. The predicted octanol–water partition coefficient (Wildman–Crippen LogP) is 2.62. The van der Waals surface area contributed by atoms with E-state index in [9.17, 15) is 9.59 Å². The van der Waals surface area contributed by atoms with E-state index >= 15 is 0 Å². The van der Waals surface area contributed by atoms with Crippen molar-refractivity contribution >= 4 is 12.0 Å². The number of para-hydroxylation sites is 1. The largest absolute Gasteiger partial charge is 0.490 e. The summed E-state index contributed by atoms with van der Waals surface area (Å²) in [5.74, 6) is -0.104. The van der Waals surface area contributed by atoms with Crippen LogP contribution in [0.2, 0.25) is 0 Å². The molecule has 0 aromatic heterocycles. The lowest BCUT2D eigenvalue weighted by Crippen LogP contribution is -2.38. The van der Waals surface area contributed by atoms with Crippen molar-refractivity contribution in [2.75, 3.05) is 13.6 Å². The van der Waals surface area contributed by atoms with E-state index in [0.717, 1.165) is 24.2 Å². The van der Waals surface area contributed by atoms with Crippen molar-refractivity contribution in [3.63, 3.8) is 0 Å². The predicted molar refractivity (Wildman–Crippen MR) is 86.4 cm³/mol. The summed E-state index contributed by atoms with van der Waals surface area (Å²) < 4.78 is 6.04. The molecule has 1 aromatic carbocycles. The highest BCUT2D eigenvalue weighted by molar-refractivity contribution is 5.75. The molecule has 0 heterocycles. The van der Waals surface area contributed by atoms with E-state index in [1.807, 2.05) is 24.3 Å². The van der Waals surface area contributed by atoms with Gasteiger partial charge in [-0.1, -0.05) is 18.2 Å². The van der Waals surface area contributed by atoms with Crippen LogP contribution in [0.1, 0.15) is 37.7 Å². The first-order chi connectivity index (χ1) is 11.1. The highest BCUT2D eigenvalue weighted by atomic mass is 16.5. The van der Waals surface area contributed by atoms with Crippen LogP contribution in [0.5, 0.6) is 5.75 Å². The topological polar surface area (TPSA) is 78.9 Å². The maximum atomic E-state index is 12.0. The highest BCUT2D eigenvalue weighted by Gasteiger charge is 2.18. The third kappa shape index (κ3) is 5.47. The van der Waals surface area contributed by atoms with Crippen molar-refractivity contribution in [2.24, 2.45) is 0 Å². The number of carbonyl (C=O) groups excluding carboxylic acids is 1. The van der Waals surface area contributed by atoms with E-state index in [4.69, 9.17) is 9.84 Å². The molecule has 126 valence electrons. The maximum absolute atomic E-state index is 12.0. The first kappa shape index (κ1) is 17.1. The van der Waals surface area contributed by atoms with Gasteiger partial charge in [0.05, 0.1) is 12.5 Å². The second-order valence-corrected chi connectivity index (χ2v) is 5.86. The van der Waals surface area contributed by atoms with Crippen LogP contribution in [0, 0.1) is 0 Å². The van der Waals surface area contributed by atoms with E-state index < -0.39 is 5.97 Å². The number of rotatable bonds is 7. The monoisotopic (exact) mass is 320 g/mol. The van der Waals surface area contributed by atoms with Gasteiger partial charge in [0.15, 0.2) is 0 Å². The van der Waals surface area contributed by atoms with E-state index in [2.05, 4.69) is 5.32 Å². The van der Waals surface area contributed by atoms with Crippen molar-refractivity contribution in [2.45, 2.75) is 44.8 Å². The van der Waals surface area contributed by atoms with Crippen LogP contribution in [-0.2, 0) is 11.3 Å². The first-order valence-electron chi connectivity index (χ1n) is 8.01. The average Bonchev–Trinajstić information content (AvgIpc) is 3.04. The molecular weight excluding hydrogens is 296 g/mol. The molecule has 0 bridgehead atoms. The van der Waals surface area contributed by atoms with Gasteiger partial charge in [-0.25, -0.2) is 4.79 Å².